The Bertz CT molecular complexity index is 318. The number of ether oxygens (including phenoxy) is 2. The van der Waals surface area contributed by atoms with Gasteiger partial charge in [0.05, 0.1) is 6.61 Å². The maximum absolute atomic E-state index is 6.05. The first-order valence-corrected chi connectivity index (χ1v) is 6.83. The zero-order valence-electron chi connectivity index (χ0n) is 9.34. The minimum absolute atomic E-state index is 0.556. The zero-order chi connectivity index (χ0) is 11.8. The molecule has 0 aromatic heterocycles. The molecular weight excluding hydrogens is 291 g/mol. The van der Waals surface area contributed by atoms with Gasteiger partial charge in [-0.25, -0.2) is 0 Å². The molecule has 0 saturated carbocycles. The van der Waals surface area contributed by atoms with E-state index in [2.05, 4.69) is 22.9 Å². The molecule has 1 aromatic carbocycles. The van der Waals surface area contributed by atoms with E-state index >= 15 is 0 Å². The summed E-state index contributed by atoms with van der Waals surface area (Å²) in [7, 11) is 0. The first-order chi connectivity index (χ1) is 7.79. The highest BCUT2D eigenvalue weighted by Gasteiger charge is 2.06. The molecule has 0 amide bonds. The summed E-state index contributed by atoms with van der Waals surface area (Å²) in [6.45, 7) is 4.04. The van der Waals surface area contributed by atoms with Crippen molar-refractivity contribution >= 4 is 27.5 Å². The Morgan fingerprint density at radius 1 is 1.25 bits per heavy atom. The molecule has 4 heteroatoms. The van der Waals surface area contributed by atoms with Gasteiger partial charge in [-0.05, 0) is 18.6 Å². The standard InChI is InChI=1S/C12H16BrClO2/c1-2-6-15-7-8-16-12-5-3-4-11(14)10(12)9-13/h3-5H,2,6-9H2,1H3. The summed E-state index contributed by atoms with van der Waals surface area (Å²) in [5.74, 6) is 0.824. The predicted molar refractivity (Wildman–Crippen MR) is 70.7 cm³/mol. The van der Waals surface area contributed by atoms with Gasteiger partial charge < -0.3 is 9.47 Å². The lowest BCUT2D eigenvalue weighted by Crippen LogP contribution is -2.08. The first-order valence-electron chi connectivity index (χ1n) is 5.33. The smallest absolute Gasteiger partial charge is 0.124 e. The van der Waals surface area contributed by atoms with E-state index in [0.717, 1.165) is 29.4 Å². The second kappa shape index (κ2) is 7.93. The van der Waals surface area contributed by atoms with Crippen LogP contribution in [0.25, 0.3) is 0 Å². The van der Waals surface area contributed by atoms with Crippen LogP contribution in [-0.4, -0.2) is 19.8 Å². The Balaban J connectivity index is 2.44. The molecule has 0 atom stereocenters. The van der Waals surface area contributed by atoms with E-state index in [1.807, 2.05) is 18.2 Å². The molecule has 0 saturated heterocycles. The molecule has 0 radical (unpaired) electrons. The van der Waals surface area contributed by atoms with Gasteiger partial charge in [-0.15, -0.1) is 0 Å². The molecule has 0 aliphatic carbocycles. The van der Waals surface area contributed by atoms with Crippen molar-refractivity contribution < 1.29 is 9.47 Å². The summed E-state index contributed by atoms with van der Waals surface area (Å²) in [5, 5.41) is 1.42. The van der Waals surface area contributed by atoms with Gasteiger partial charge in [-0.1, -0.05) is 40.5 Å². The molecule has 0 aliphatic heterocycles. The van der Waals surface area contributed by atoms with Gasteiger partial charge in [0, 0.05) is 22.5 Å². The van der Waals surface area contributed by atoms with Crippen molar-refractivity contribution in [2.24, 2.45) is 0 Å². The fraction of sp³-hybridized carbons (Fsp3) is 0.500. The van der Waals surface area contributed by atoms with E-state index in [1.54, 1.807) is 0 Å². The molecule has 0 N–H and O–H groups in total. The van der Waals surface area contributed by atoms with Crippen LogP contribution in [0.3, 0.4) is 0 Å². The van der Waals surface area contributed by atoms with Crippen LogP contribution in [0.5, 0.6) is 5.75 Å². The molecule has 0 fully saturated rings. The lowest BCUT2D eigenvalue weighted by Gasteiger charge is -2.11. The van der Waals surface area contributed by atoms with E-state index < -0.39 is 0 Å². The van der Waals surface area contributed by atoms with E-state index in [9.17, 15) is 0 Å². The predicted octanol–water partition coefficient (Wildman–Crippen LogP) is 4.04. The topological polar surface area (TPSA) is 18.5 Å². The van der Waals surface area contributed by atoms with Crippen LogP contribution >= 0.6 is 27.5 Å². The van der Waals surface area contributed by atoms with Crippen molar-refractivity contribution in [3.05, 3.63) is 28.8 Å². The van der Waals surface area contributed by atoms with Crippen LogP contribution in [0, 0.1) is 0 Å². The average Bonchev–Trinajstić information content (AvgIpc) is 2.29. The van der Waals surface area contributed by atoms with Crippen molar-refractivity contribution in [2.45, 2.75) is 18.7 Å². The van der Waals surface area contributed by atoms with Crippen molar-refractivity contribution in [3.8, 4) is 5.75 Å². The van der Waals surface area contributed by atoms with Crippen molar-refractivity contribution in [1.29, 1.82) is 0 Å². The Morgan fingerprint density at radius 2 is 2.06 bits per heavy atom. The van der Waals surface area contributed by atoms with Gasteiger partial charge in [0.1, 0.15) is 12.4 Å². The molecule has 0 spiro atoms. The van der Waals surface area contributed by atoms with E-state index in [-0.39, 0.29) is 0 Å². The molecule has 90 valence electrons. The molecule has 2 nitrogen and oxygen atoms in total. The molecule has 0 aliphatic rings. The van der Waals surface area contributed by atoms with Crippen LogP contribution in [0.4, 0.5) is 0 Å². The average molecular weight is 308 g/mol. The molecule has 16 heavy (non-hydrogen) atoms. The second-order valence-corrected chi connectivity index (χ2v) is 4.28. The summed E-state index contributed by atoms with van der Waals surface area (Å²) in [6.07, 6.45) is 1.03. The van der Waals surface area contributed by atoms with E-state index in [4.69, 9.17) is 21.1 Å². The third-order valence-electron chi connectivity index (χ3n) is 2.04. The normalized spacial score (nSPS) is 10.4. The molecule has 1 aromatic rings. The summed E-state index contributed by atoms with van der Waals surface area (Å²) in [4.78, 5) is 0. The molecule has 0 bridgehead atoms. The summed E-state index contributed by atoms with van der Waals surface area (Å²) in [6, 6.07) is 5.66. The van der Waals surface area contributed by atoms with Gasteiger partial charge in [-0.2, -0.15) is 0 Å². The molecule has 1 rings (SSSR count). The van der Waals surface area contributed by atoms with Crippen LogP contribution in [0.15, 0.2) is 18.2 Å². The quantitative estimate of drug-likeness (QED) is 0.559. The van der Waals surface area contributed by atoms with Crippen LogP contribution < -0.4 is 4.74 Å². The minimum Gasteiger partial charge on any atom is -0.491 e. The summed E-state index contributed by atoms with van der Waals surface area (Å²) < 4.78 is 11.0. The highest BCUT2D eigenvalue weighted by molar-refractivity contribution is 9.08. The lowest BCUT2D eigenvalue weighted by molar-refractivity contribution is 0.100. The number of halogens is 2. The van der Waals surface area contributed by atoms with Crippen LogP contribution in [0.2, 0.25) is 5.02 Å². The SMILES string of the molecule is CCCOCCOc1cccc(Cl)c1CBr. The monoisotopic (exact) mass is 306 g/mol. The fourth-order valence-corrected chi connectivity index (χ4v) is 2.23. The van der Waals surface area contributed by atoms with Gasteiger partial charge in [0.15, 0.2) is 0 Å². The molecule has 0 unspecified atom stereocenters. The van der Waals surface area contributed by atoms with Crippen LogP contribution in [-0.2, 0) is 10.1 Å². The number of rotatable bonds is 7. The number of hydrogen-bond acceptors (Lipinski definition) is 2. The Hall–Kier alpha value is -0.250. The number of benzene rings is 1. The summed E-state index contributed by atoms with van der Waals surface area (Å²) in [5.41, 5.74) is 0.986. The largest absolute Gasteiger partial charge is 0.491 e. The Kier molecular flexibility index (Phi) is 6.85. The Morgan fingerprint density at radius 3 is 2.75 bits per heavy atom. The summed E-state index contributed by atoms with van der Waals surface area (Å²) >= 11 is 9.45. The van der Waals surface area contributed by atoms with E-state index in [1.165, 1.54) is 0 Å². The molecular formula is C12H16BrClO2. The lowest BCUT2D eigenvalue weighted by atomic mass is 10.2. The maximum atomic E-state index is 6.05. The second-order valence-electron chi connectivity index (χ2n) is 3.31. The van der Waals surface area contributed by atoms with Crippen LogP contribution in [0.1, 0.15) is 18.9 Å². The molecule has 0 heterocycles. The highest BCUT2D eigenvalue weighted by Crippen LogP contribution is 2.28. The highest BCUT2D eigenvalue weighted by atomic mass is 79.9. The van der Waals surface area contributed by atoms with E-state index in [0.29, 0.717) is 18.5 Å². The third-order valence-corrected chi connectivity index (χ3v) is 2.96. The Labute approximate surface area is 110 Å². The van der Waals surface area contributed by atoms with Crippen molar-refractivity contribution in [2.75, 3.05) is 19.8 Å². The fourth-order valence-electron chi connectivity index (χ4n) is 1.26. The number of hydrogen-bond donors (Lipinski definition) is 0. The van der Waals surface area contributed by atoms with Gasteiger partial charge in [0.25, 0.3) is 0 Å². The number of alkyl halides is 1. The van der Waals surface area contributed by atoms with Crippen molar-refractivity contribution in [1.82, 2.24) is 0 Å². The van der Waals surface area contributed by atoms with Gasteiger partial charge in [0.2, 0.25) is 0 Å². The van der Waals surface area contributed by atoms with Gasteiger partial charge in [-0.3, -0.25) is 0 Å². The minimum atomic E-state index is 0.556. The third kappa shape index (κ3) is 4.32. The first kappa shape index (κ1) is 13.8. The zero-order valence-corrected chi connectivity index (χ0v) is 11.7. The maximum Gasteiger partial charge on any atom is 0.124 e. The van der Waals surface area contributed by atoms with Crippen molar-refractivity contribution in [3.63, 3.8) is 0 Å². The van der Waals surface area contributed by atoms with Gasteiger partial charge >= 0.3 is 0 Å².